The molecule has 0 amide bonds. The highest BCUT2D eigenvalue weighted by atomic mass is 16.1. The topological polar surface area (TPSA) is 40.9 Å². The van der Waals surface area contributed by atoms with Crippen LogP contribution in [0.4, 0.5) is 0 Å². The van der Waals surface area contributed by atoms with Gasteiger partial charge in [0, 0.05) is 12.8 Å². The summed E-state index contributed by atoms with van der Waals surface area (Å²) in [7, 11) is 0. The SMILES string of the molecule is Cc1ccc(C2(C#N)CCC(=O)C2)cc1. The van der Waals surface area contributed by atoms with Crippen LogP contribution in [0.15, 0.2) is 24.3 Å². The first-order chi connectivity index (χ1) is 7.16. The Bertz CT molecular complexity index is 427. The molecule has 15 heavy (non-hydrogen) atoms. The van der Waals surface area contributed by atoms with E-state index in [-0.39, 0.29) is 5.78 Å². The van der Waals surface area contributed by atoms with Gasteiger partial charge < -0.3 is 0 Å². The molecule has 1 aromatic rings. The van der Waals surface area contributed by atoms with Crippen molar-refractivity contribution in [2.45, 2.75) is 31.6 Å². The van der Waals surface area contributed by atoms with Crippen LogP contribution in [0.25, 0.3) is 0 Å². The van der Waals surface area contributed by atoms with Gasteiger partial charge in [-0.15, -0.1) is 0 Å². The van der Waals surface area contributed by atoms with Crippen LogP contribution >= 0.6 is 0 Å². The molecule has 1 aromatic carbocycles. The lowest BCUT2D eigenvalue weighted by atomic mass is 9.80. The van der Waals surface area contributed by atoms with Crippen LogP contribution in [0.2, 0.25) is 0 Å². The van der Waals surface area contributed by atoms with Crippen molar-refractivity contribution in [1.82, 2.24) is 0 Å². The van der Waals surface area contributed by atoms with Gasteiger partial charge in [-0.3, -0.25) is 4.79 Å². The number of carbonyl (C=O) groups excluding carboxylic acids is 1. The first kappa shape index (κ1) is 9.92. The van der Waals surface area contributed by atoms with Crippen molar-refractivity contribution in [3.8, 4) is 6.07 Å². The Balaban J connectivity index is 2.40. The first-order valence-corrected chi connectivity index (χ1v) is 5.16. The highest BCUT2D eigenvalue weighted by Crippen LogP contribution is 2.38. The molecule has 1 saturated carbocycles. The number of benzene rings is 1. The van der Waals surface area contributed by atoms with Gasteiger partial charge in [-0.2, -0.15) is 5.26 Å². The monoisotopic (exact) mass is 199 g/mol. The summed E-state index contributed by atoms with van der Waals surface area (Å²) in [5, 5.41) is 9.25. The van der Waals surface area contributed by atoms with Crippen LogP contribution in [0.1, 0.15) is 30.4 Å². The molecule has 0 aliphatic heterocycles. The number of hydrogen-bond acceptors (Lipinski definition) is 2. The maximum Gasteiger partial charge on any atom is 0.134 e. The summed E-state index contributed by atoms with van der Waals surface area (Å²) in [6, 6.07) is 10.3. The Kier molecular flexibility index (Phi) is 2.32. The quantitative estimate of drug-likeness (QED) is 0.697. The molecule has 1 aliphatic rings. The zero-order chi connectivity index (χ0) is 10.9. The van der Waals surface area contributed by atoms with E-state index in [1.165, 1.54) is 5.56 Å². The molecular weight excluding hydrogens is 186 g/mol. The number of rotatable bonds is 1. The number of ketones is 1. The molecule has 2 heteroatoms. The number of Topliss-reactive ketones (excluding diaryl/α,β-unsaturated/α-hetero) is 1. The van der Waals surface area contributed by atoms with Crippen LogP contribution in [0.3, 0.4) is 0 Å². The van der Waals surface area contributed by atoms with Crippen LogP contribution in [0.5, 0.6) is 0 Å². The van der Waals surface area contributed by atoms with Crippen LogP contribution in [-0.4, -0.2) is 5.78 Å². The summed E-state index contributed by atoms with van der Waals surface area (Å²) in [6.07, 6.45) is 1.60. The maximum absolute atomic E-state index is 11.3. The van der Waals surface area contributed by atoms with Crippen LogP contribution < -0.4 is 0 Å². The first-order valence-electron chi connectivity index (χ1n) is 5.16. The molecular formula is C13H13NO. The van der Waals surface area contributed by atoms with Gasteiger partial charge in [-0.1, -0.05) is 29.8 Å². The van der Waals surface area contributed by atoms with Crippen molar-refractivity contribution >= 4 is 5.78 Å². The summed E-state index contributed by atoms with van der Waals surface area (Å²) >= 11 is 0. The minimum Gasteiger partial charge on any atom is -0.300 e. The Hall–Kier alpha value is -1.62. The molecule has 1 fully saturated rings. The van der Waals surface area contributed by atoms with E-state index in [1.54, 1.807) is 0 Å². The Labute approximate surface area is 89.5 Å². The van der Waals surface area contributed by atoms with Gasteiger partial charge in [-0.05, 0) is 18.9 Å². The Morgan fingerprint density at radius 1 is 1.33 bits per heavy atom. The molecule has 0 N–H and O–H groups in total. The third-order valence-electron chi connectivity index (χ3n) is 3.15. The van der Waals surface area contributed by atoms with Gasteiger partial charge in [-0.25, -0.2) is 0 Å². The normalized spacial score (nSPS) is 25.2. The minimum atomic E-state index is -0.551. The Morgan fingerprint density at radius 2 is 2.00 bits per heavy atom. The maximum atomic E-state index is 11.3. The fourth-order valence-corrected chi connectivity index (χ4v) is 2.15. The summed E-state index contributed by atoms with van der Waals surface area (Å²) in [5.74, 6) is 0.206. The predicted octanol–water partition coefficient (Wildman–Crippen LogP) is 2.51. The van der Waals surface area contributed by atoms with Crippen molar-refractivity contribution in [1.29, 1.82) is 5.26 Å². The van der Waals surface area contributed by atoms with Crippen LogP contribution in [0, 0.1) is 18.3 Å². The molecule has 1 atom stereocenters. The second-order valence-corrected chi connectivity index (χ2v) is 4.28. The van der Waals surface area contributed by atoms with Gasteiger partial charge >= 0.3 is 0 Å². The lowest BCUT2D eigenvalue weighted by Crippen LogP contribution is -2.20. The van der Waals surface area contributed by atoms with Crippen LogP contribution in [-0.2, 0) is 10.2 Å². The van der Waals surface area contributed by atoms with Gasteiger partial charge in [0.2, 0.25) is 0 Å². The summed E-state index contributed by atoms with van der Waals surface area (Å²) in [5.41, 5.74) is 1.61. The van der Waals surface area contributed by atoms with Crippen molar-refractivity contribution in [3.63, 3.8) is 0 Å². The number of aryl methyl sites for hydroxylation is 1. The number of nitrogens with zero attached hydrogens (tertiary/aromatic N) is 1. The van der Waals surface area contributed by atoms with E-state index in [9.17, 15) is 10.1 Å². The third-order valence-corrected chi connectivity index (χ3v) is 3.15. The lowest BCUT2D eigenvalue weighted by Gasteiger charge is -2.19. The zero-order valence-corrected chi connectivity index (χ0v) is 8.79. The molecule has 1 aliphatic carbocycles. The summed E-state index contributed by atoms with van der Waals surface area (Å²) in [4.78, 5) is 11.3. The van der Waals surface area contributed by atoms with Crippen molar-refractivity contribution < 1.29 is 4.79 Å². The predicted molar refractivity (Wildman–Crippen MR) is 57.3 cm³/mol. The lowest BCUT2D eigenvalue weighted by molar-refractivity contribution is -0.117. The van der Waals surface area contributed by atoms with E-state index in [0.29, 0.717) is 19.3 Å². The average molecular weight is 199 g/mol. The summed E-state index contributed by atoms with van der Waals surface area (Å²) in [6.45, 7) is 2.02. The average Bonchev–Trinajstić information content (AvgIpc) is 2.62. The van der Waals surface area contributed by atoms with Crippen molar-refractivity contribution in [2.75, 3.05) is 0 Å². The summed E-state index contributed by atoms with van der Waals surface area (Å²) < 4.78 is 0. The molecule has 76 valence electrons. The molecule has 1 unspecified atom stereocenters. The van der Waals surface area contributed by atoms with Gasteiger partial charge in [0.15, 0.2) is 0 Å². The minimum absolute atomic E-state index is 0.206. The molecule has 2 rings (SSSR count). The number of hydrogen-bond donors (Lipinski definition) is 0. The van der Waals surface area contributed by atoms with E-state index in [1.807, 2.05) is 31.2 Å². The molecule has 0 spiro atoms. The molecule has 0 aromatic heterocycles. The largest absolute Gasteiger partial charge is 0.300 e. The van der Waals surface area contributed by atoms with E-state index in [2.05, 4.69) is 6.07 Å². The van der Waals surface area contributed by atoms with Gasteiger partial charge in [0.05, 0.1) is 11.5 Å². The van der Waals surface area contributed by atoms with Gasteiger partial charge in [0.1, 0.15) is 5.78 Å². The van der Waals surface area contributed by atoms with Crippen molar-refractivity contribution in [2.24, 2.45) is 0 Å². The fraction of sp³-hybridized carbons (Fsp3) is 0.385. The zero-order valence-electron chi connectivity index (χ0n) is 8.79. The highest BCUT2D eigenvalue weighted by Gasteiger charge is 2.40. The van der Waals surface area contributed by atoms with E-state index in [4.69, 9.17) is 0 Å². The number of carbonyl (C=O) groups is 1. The van der Waals surface area contributed by atoms with E-state index < -0.39 is 5.41 Å². The highest BCUT2D eigenvalue weighted by molar-refractivity contribution is 5.83. The number of nitriles is 1. The second kappa shape index (κ2) is 3.51. The molecule has 0 bridgehead atoms. The Morgan fingerprint density at radius 3 is 2.47 bits per heavy atom. The molecule has 0 heterocycles. The fourth-order valence-electron chi connectivity index (χ4n) is 2.15. The van der Waals surface area contributed by atoms with Gasteiger partial charge in [0.25, 0.3) is 0 Å². The molecule has 0 saturated heterocycles. The standard InChI is InChI=1S/C13H13NO/c1-10-2-4-11(5-3-10)13(9-14)7-6-12(15)8-13/h2-5H,6-8H2,1H3. The smallest absolute Gasteiger partial charge is 0.134 e. The van der Waals surface area contributed by atoms with E-state index >= 15 is 0 Å². The van der Waals surface area contributed by atoms with E-state index in [0.717, 1.165) is 5.56 Å². The third kappa shape index (κ3) is 1.66. The second-order valence-electron chi connectivity index (χ2n) is 4.28. The van der Waals surface area contributed by atoms with Crippen molar-refractivity contribution in [3.05, 3.63) is 35.4 Å². The molecule has 0 radical (unpaired) electrons. The molecule has 2 nitrogen and oxygen atoms in total.